The molecule has 1 heterocycles. The van der Waals surface area contributed by atoms with Crippen molar-refractivity contribution in [1.82, 2.24) is 0 Å². The lowest BCUT2D eigenvalue weighted by atomic mass is 9.85. The van der Waals surface area contributed by atoms with Gasteiger partial charge in [0.15, 0.2) is 5.78 Å². The van der Waals surface area contributed by atoms with Crippen LogP contribution >= 0.6 is 0 Å². The van der Waals surface area contributed by atoms with Gasteiger partial charge in [0.25, 0.3) is 0 Å². The van der Waals surface area contributed by atoms with E-state index in [0.717, 1.165) is 30.6 Å². The van der Waals surface area contributed by atoms with Crippen LogP contribution in [0.3, 0.4) is 0 Å². The largest absolute Gasteiger partial charge is 0.469 e. The SMILES string of the molecule is C=CCC1CCc2occc2C1=O. The first-order valence-electron chi connectivity index (χ1n) is 4.54. The molecule has 0 aromatic carbocycles. The summed E-state index contributed by atoms with van der Waals surface area (Å²) in [6, 6.07) is 1.77. The van der Waals surface area contributed by atoms with Crippen molar-refractivity contribution in [2.24, 2.45) is 5.92 Å². The van der Waals surface area contributed by atoms with Crippen LogP contribution in [0, 0.1) is 5.92 Å². The fourth-order valence-electron chi connectivity index (χ4n) is 1.84. The molecule has 0 saturated carbocycles. The summed E-state index contributed by atoms with van der Waals surface area (Å²) in [4.78, 5) is 11.8. The smallest absolute Gasteiger partial charge is 0.169 e. The summed E-state index contributed by atoms with van der Waals surface area (Å²) in [5.41, 5.74) is 0.776. The molecule has 0 spiro atoms. The first-order chi connectivity index (χ1) is 6.33. The molecule has 0 amide bonds. The fourth-order valence-corrected chi connectivity index (χ4v) is 1.84. The number of allylic oxidation sites excluding steroid dienone is 1. The first kappa shape index (κ1) is 8.30. The number of carbonyl (C=O) groups is 1. The van der Waals surface area contributed by atoms with Crippen molar-refractivity contribution in [3.63, 3.8) is 0 Å². The third-order valence-corrected chi connectivity index (χ3v) is 2.55. The van der Waals surface area contributed by atoms with Crippen LogP contribution in [0.4, 0.5) is 0 Å². The summed E-state index contributed by atoms with van der Waals surface area (Å²) >= 11 is 0. The first-order valence-corrected chi connectivity index (χ1v) is 4.54. The van der Waals surface area contributed by atoms with Gasteiger partial charge in [-0.2, -0.15) is 0 Å². The fraction of sp³-hybridized carbons (Fsp3) is 0.364. The minimum atomic E-state index is 0.127. The quantitative estimate of drug-likeness (QED) is 0.648. The van der Waals surface area contributed by atoms with E-state index in [1.54, 1.807) is 12.3 Å². The topological polar surface area (TPSA) is 30.2 Å². The van der Waals surface area contributed by atoms with Crippen molar-refractivity contribution in [3.8, 4) is 0 Å². The van der Waals surface area contributed by atoms with Crippen LogP contribution in [-0.2, 0) is 6.42 Å². The van der Waals surface area contributed by atoms with Crippen LogP contribution in [0.2, 0.25) is 0 Å². The van der Waals surface area contributed by atoms with E-state index in [0.29, 0.717) is 0 Å². The maximum atomic E-state index is 11.8. The van der Waals surface area contributed by atoms with Gasteiger partial charge >= 0.3 is 0 Å². The molecule has 2 nitrogen and oxygen atoms in total. The number of hydrogen-bond donors (Lipinski definition) is 0. The molecule has 1 aromatic rings. The van der Waals surface area contributed by atoms with E-state index in [4.69, 9.17) is 4.42 Å². The molecule has 1 aliphatic carbocycles. The van der Waals surface area contributed by atoms with Crippen LogP contribution in [0.1, 0.15) is 29.0 Å². The molecule has 1 unspecified atom stereocenters. The van der Waals surface area contributed by atoms with Gasteiger partial charge < -0.3 is 4.42 Å². The number of Topliss-reactive ketones (excluding diaryl/α,β-unsaturated/α-hetero) is 1. The highest BCUT2D eigenvalue weighted by molar-refractivity contribution is 5.99. The summed E-state index contributed by atoms with van der Waals surface area (Å²) in [6.07, 6.45) is 5.97. The van der Waals surface area contributed by atoms with Crippen LogP contribution in [-0.4, -0.2) is 5.78 Å². The van der Waals surface area contributed by atoms with Gasteiger partial charge in [0.05, 0.1) is 11.8 Å². The predicted octanol–water partition coefficient (Wildman–Crippen LogP) is 2.60. The average molecular weight is 176 g/mol. The summed E-state index contributed by atoms with van der Waals surface area (Å²) in [7, 11) is 0. The molecule has 0 aliphatic heterocycles. The van der Waals surface area contributed by atoms with E-state index in [-0.39, 0.29) is 11.7 Å². The van der Waals surface area contributed by atoms with Gasteiger partial charge in [0.1, 0.15) is 5.76 Å². The number of aryl methyl sites for hydroxylation is 1. The molecule has 0 radical (unpaired) electrons. The van der Waals surface area contributed by atoms with E-state index in [1.165, 1.54) is 0 Å². The van der Waals surface area contributed by atoms with Crippen molar-refractivity contribution < 1.29 is 9.21 Å². The molecule has 1 aromatic heterocycles. The maximum Gasteiger partial charge on any atom is 0.169 e. The Morgan fingerprint density at radius 2 is 2.54 bits per heavy atom. The van der Waals surface area contributed by atoms with Gasteiger partial charge in [-0.25, -0.2) is 0 Å². The maximum absolute atomic E-state index is 11.8. The Balaban J connectivity index is 2.27. The van der Waals surface area contributed by atoms with Crippen LogP contribution in [0.5, 0.6) is 0 Å². The van der Waals surface area contributed by atoms with Crippen molar-refractivity contribution in [3.05, 3.63) is 36.3 Å². The molecule has 0 N–H and O–H groups in total. The van der Waals surface area contributed by atoms with E-state index < -0.39 is 0 Å². The number of fused-ring (bicyclic) bond motifs is 1. The van der Waals surface area contributed by atoms with E-state index >= 15 is 0 Å². The molecule has 13 heavy (non-hydrogen) atoms. The molecular formula is C11H12O2. The van der Waals surface area contributed by atoms with Crippen molar-refractivity contribution >= 4 is 5.78 Å². The number of ketones is 1. The van der Waals surface area contributed by atoms with E-state index in [9.17, 15) is 4.79 Å². The Kier molecular flexibility index (Phi) is 2.05. The zero-order chi connectivity index (χ0) is 9.26. The van der Waals surface area contributed by atoms with Gasteiger partial charge in [0.2, 0.25) is 0 Å². The lowest BCUT2D eigenvalue weighted by Gasteiger charge is -2.17. The van der Waals surface area contributed by atoms with Gasteiger partial charge in [-0.3, -0.25) is 4.79 Å². The summed E-state index contributed by atoms with van der Waals surface area (Å²) < 4.78 is 5.21. The van der Waals surface area contributed by atoms with Crippen molar-refractivity contribution in [1.29, 1.82) is 0 Å². The second-order valence-corrected chi connectivity index (χ2v) is 3.38. The number of hydrogen-bond acceptors (Lipinski definition) is 2. The molecule has 1 atom stereocenters. The molecule has 0 saturated heterocycles. The summed E-state index contributed by atoms with van der Waals surface area (Å²) in [5, 5.41) is 0. The normalized spacial score (nSPS) is 21.2. The molecule has 68 valence electrons. The Labute approximate surface area is 77.2 Å². The predicted molar refractivity (Wildman–Crippen MR) is 49.7 cm³/mol. The van der Waals surface area contributed by atoms with E-state index in [1.807, 2.05) is 6.08 Å². The highest BCUT2D eigenvalue weighted by atomic mass is 16.3. The average Bonchev–Trinajstić information content (AvgIpc) is 2.58. The Morgan fingerprint density at radius 3 is 3.31 bits per heavy atom. The summed E-state index contributed by atoms with van der Waals surface area (Å²) in [6.45, 7) is 3.66. The van der Waals surface area contributed by atoms with Gasteiger partial charge in [-0.15, -0.1) is 6.58 Å². The minimum absolute atomic E-state index is 0.127. The lowest BCUT2D eigenvalue weighted by molar-refractivity contribution is 0.0899. The minimum Gasteiger partial charge on any atom is -0.469 e. The Morgan fingerprint density at radius 1 is 1.69 bits per heavy atom. The van der Waals surface area contributed by atoms with E-state index in [2.05, 4.69) is 6.58 Å². The Hall–Kier alpha value is -1.31. The van der Waals surface area contributed by atoms with Crippen molar-refractivity contribution in [2.75, 3.05) is 0 Å². The van der Waals surface area contributed by atoms with Crippen molar-refractivity contribution in [2.45, 2.75) is 19.3 Å². The van der Waals surface area contributed by atoms with Crippen LogP contribution in [0.25, 0.3) is 0 Å². The second-order valence-electron chi connectivity index (χ2n) is 3.38. The summed E-state index contributed by atoms with van der Waals surface area (Å²) in [5.74, 6) is 1.20. The number of furan rings is 1. The number of carbonyl (C=O) groups excluding carboxylic acids is 1. The van der Waals surface area contributed by atoms with Crippen LogP contribution in [0.15, 0.2) is 29.4 Å². The molecular weight excluding hydrogens is 164 g/mol. The lowest BCUT2D eigenvalue weighted by Crippen LogP contribution is -2.20. The second kappa shape index (κ2) is 3.21. The van der Waals surface area contributed by atoms with Crippen LogP contribution < -0.4 is 0 Å². The molecule has 1 aliphatic rings. The van der Waals surface area contributed by atoms with Gasteiger partial charge in [0, 0.05) is 12.3 Å². The standard InChI is InChI=1S/C11H12O2/c1-2-3-8-4-5-10-9(11(8)12)6-7-13-10/h2,6-8H,1,3-5H2. The monoisotopic (exact) mass is 176 g/mol. The third-order valence-electron chi connectivity index (χ3n) is 2.55. The highest BCUT2D eigenvalue weighted by Crippen LogP contribution is 2.28. The third kappa shape index (κ3) is 1.32. The zero-order valence-electron chi connectivity index (χ0n) is 7.45. The molecule has 0 fully saturated rings. The zero-order valence-corrected chi connectivity index (χ0v) is 7.45. The van der Waals surface area contributed by atoms with Gasteiger partial charge in [-0.1, -0.05) is 6.08 Å². The number of rotatable bonds is 2. The molecule has 0 bridgehead atoms. The Bertz CT molecular complexity index is 336. The molecule has 2 rings (SSSR count). The van der Waals surface area contributed by atoms with Gasteiger partial charge in [-0.05, 0) is 18.9 Å². The highest BCUT2D eigenvalue weighted by Gasteiger charge is 2.27. The molecule has 2 heteroatoms.